The zero-order valence-electron chi connectivity index (χ0n) is 11.5. The lowest BCUT2D eigenvalue weighted by molar-refractivity contribution is -0.385. The second-order valence-electron chi connectivity index (χ2n) is 4.63. The summed E-state index contributed by atoms with van der Waals surface area (Å²) in [7, 11) is 0. The number of aryl methyl sites for hydroxylation is 1. The average molecular weight is 290 g/mol. The molecule has 0 bridgehead atoms. The van der Waals surface area contributed by atoms with E-state index in [9.17, 15) is 14.5 Å². The molecule has 2 rings (SSSR count). The average Bonchev–Trinajstić information content (AvgIpc) is 2.45. The summed E-state index contributed by atoms with van der Waals surface area (Å²) < 4.78 is 19.0. The Balaban J connectivity index is 2.23. The number of nitrogens with two attached hydrogens (primary N) is 1. The number of nitro benzene ring substituents is 1. The molecule has 0 amide bonds. The van der Waals surface area contributed by atoms with E-state index >= 15 is 0 Å². The van der Waals surface area contributed by atoms with Crippen LogP contribution in [-0.2, 0) is 13.2 Å². The van der Waals surface area contributed by atoms with Gasteiger partial charge < -0.3 is 10.5 Å². The van der Waals surface area contributed by atoms with Crippen molar-refractivity contribution in [1.29, 1.82) is 0 Å². The van der Waals surface area contributed by atoms with E-state index in [-0.39, 0.29) is 12.3 Å². The van der Waals surface area contributed by atoms with Crippen LogP contribution >= 0.6 is 0 Å². The van der Waals surface area contributed by atoms with Crippen molar-refractivity contribution in [3.05, 3.63) is 69.0 Å². The summed E-state index contributed by atoms with van der Waals surface area (Å²) in [6.45, 7) is 2.24. The molecule has 0 aliphatic heterocycles. The van der Waals surface area contributed by atoms with E-state index in [1.807, 2.05) is 25.1 Å². The fourth-order valence-corrected chi connectivity index (χ4v) is 2.06. The summed E-state index contributed by atoms with van der Waals surface area (Å²) in [5.41, 5.74) is 7.49. The van der Waals surface area contributed by atoms with Crippen LogP contribution in [0.15, 0.2) is 36.4 Å². The molecule has 2 aromatic rings. The van der Waals surface area contributed by atoms with Gasteiger partial charge in [-0.25, -0.2) is 4.39 Å². The van der Waals surface area contributed by atoms with E-state index in [1.165, 1.54) is 12.1 Å². The summed E-state index contributed by atoms with van der Waals surface area (Å²) >= 11 is 0. The van der Waals surface area contributed by atoms with E-state index in [0.29, 0.717) is 17.9 Å². The van der Waals surface area contributed by atoms with Gasteiger partial charge >= 0.3 is 0 Å². The predicted molar refractivity (Wildman–Crippen MR) is 76.5 cm³/mol. The lowest BCUT2D eigenvalue weighted by Gasteiger charge is -2.13. The normalized spacial score (nSPS) is 10.4. The molecule has 110 valence electrons. The van der Waals surface area contributed by atoms with Crippen molar-refractivity contribution >= 4 is 5.69 Å². The van der Waals surface area contributed by atoms with Gasteiger partial charge in [0.1, 0.15) is 18.2 Å². The van der Waals surface area contributed by atoms with E-state index < -0.39 is 10.7 Å². The summed E-state index contributed by atoms with van der Waals surface area (Å²) in [5, 5.41) is 10.7. The van der Waals surface area contributed by atoms with Crippen molar-refractivity contribution < 1.29 is 14.1 Å². The third kappa shape index (κ3) is 3.55. The summed E-state index contributed by atoms with van der Waals surface area (Å²) in [4.78, 5) is 10.1. The first-order chi connectivity index (χ1) is 10.0. The maximum absolute atomic E-state index is 13.4. The van der Waals surface area contributed by atoms with Gasteiger partial charge in [0.15, 0.2) is 0 Å². The Hall–Kier alpha value is -2.47. The van der Waals surface area contributed by atoms with Crippen LogP contribution in [0.5, 0.6) is 5.75 Å². The maximum atomic E-state index is 13.4. The van der Waals surface area contributed by atoms with Crippen molar-refractivity contribution in [2.45, 2.75) is 20.1 Å². The molecule has 2 aromatic carbocycles. The van der Waals surface area contributed by atoms with Gasteiger partial charge in [0, 0.05) is 18.2 Å². The van der Waals surface area contributed by atoms with Crippen LogP contribution in [0.3, 0.4) is 0 Å². The fraction of sp³-hybridized carbons (Fsp3) is 0.200. The third-order valence-corrected chi connectivity index (χ3v) is 3.05. The molecule has 0 aliphatic rings. The van der Waals surface area contributed by atoms with Gasteiger partial charge in [-0.15, -0.1) is 0 Å². The maximum Gasteiger partial charge on any atom is 0.272 e. The highest BCUT2D eigenvalue weighted by Crippen LogP contribution is 2.25. The van der Waals surface area contributed by atoms with Gasteiger partial charge in [-0.05, 0) is 24.1 Å². The Kier molecular flexibility index (Phi) is 4.49. The van der Waals surface area contributed by atoms with Crippen LogP contribution in [0.25, 0.3) is 0 Å². The number of rotatable bonds is 5. The van der Waals surface area contributed by atoms with Crippen LogP contribution in [0.2, 0.25) is 0 Å². The molecule has 21 heavy (non-hydrogen) atoms. The molecule has 0 saturated carbocycles. The Bertz CT molecular complexity index is 674. The van der Waals surface area contributed by atoms with E-state index in [1.54, 1.807) is 0 Å². The van der Waals surface area contributed by atoms with E-state index in [2.05, 4.69) is 0 Å². The van der Waals surface area contributed by atoms with Gasteiger partial charge in [0.05, 0.1) is 11.0 Å². The summed E-state index contributed by atoms with van der Waals surface area (Å²) in [6, 6.07) is 8.98. The number of benzene rings is 2. The summed E-state index contributed by atoms with van der Waals surface area (Å²) in [5.74, 6) is -0.0291. The van der Waals surface area contributed by atoms with Crippen molar-refractivity contribution in [1.82, 2.24) is 0 Å². The van der Waals surface area contributed by atoms with Crippen LogP contribution in [0.4, 0.5) is 10.1 Å². The molecule has 0 atom stereocenters. The SMILES string of the molecule is Cc1cccc(CN)c1OCc1cc(F)cc([N+](=O)[O-])c1. The molecule has 0 heterocycles. The Morgan fingerprint density at radius 2 is 2.10 bits per heavy atom. The standard InChI is InChI=1S/C15H15FN2O3/c1-10-3-2-4-12(8-17)15(10)21-9-11-5-13(16)7-14(6-11)18(19)20/h2-7H,8-9,17H2,1H3. The molecule has 0 saturated heterocycles. The Labute approximate surface area is 121 Å². The molecule has 0 aliphatic carbocycles. The van der Waals surface area contributed by atoms with Gasteiger partial charge in [-0.2, -0.15) is 0 Å². The van der Waals surface area contributed by atoms with Crippen molar-refractivity contribution in [3.8, 4) is 5.75 Å². The minimum atomic E-state index is -0.661. The number of ether oxygens (including phenoxy) is 1. The molecule has 6 heteroatoms. The van der Waals surface area contributed by atoms with Crippen LogP contribution in [-0.4, -0.2) is 4.92 Å². The minimum absolute atomic E-state index is 0.0381. The zero-order chi connectivity index (χ0) is 15.4. The molecular formula is C15H15FN2O3. The predicted octanol–water partition coefficient (Wildman–Crippen LogP) is 3.08. The first-order valence-corrected chi connectivity index (χ1v) is 6.36. The molecule has 0 aromatic heterocycles. The molecule has 0 radical (unpaired) electrons. The quantitative estimate of drug-likeness (QED) is 0.678. The number of hydrogen-bond acceptors (Lipinski definition) is 4. The van der Waals surface area contributed by atoms with Crippen molar-refractivity contribution in [2.75, 3.05) is 0 Å². The second kappa shape index (κ2) is 6.32. The fourth-order valence-electron chi connectivity index (χ4n) is 2.06. The molecule has 0 spiro atoms. The number of hydrogen-bond donors (Lipinski definition) is 1. The second-order valence-corrected chi connectivity index (χ2v) is 4.63. The van der Waals surface area contributed by atoms with E-state index in [4.69, 9.17) is 10.5 Å². The lowest BCUT2D eigenvalue weighted by Crippen LogP contribution is -2.04. The number of nitro groups is 1. The third-order valence-electron chi connectivity index (χ3n) is 3.05. The van der Waals surface area contributed by atoms with Crippen molar-refractivity contribution in [2.24, 2.45) is 5.73 Å². The highest BCUT2D eigenvalue weighted by Gasteiger charge is 2.11. The number of nitrogens with zero attached hydrogens (tertiary/aromatic N) is 1. The lowest BCUT2D eigenvalue weighted by atomic mass is 10.1. The van der Waals surface area contributed by atoms with Gasteiger partial charge in [0.2, 0.25) is 0 Å². The molecule has 2 N–H and O–H groups in total. The van der Waals surface area contributed by atoms with Crippen LogP contribution in [0, 0.1) is 22.9 Å². The molecular weight excluding hydrogens is 275 g/mol. The highest BCUT2D eigenvalue weighted by atomic mass is 19.1. The minimum Gasteiger partial charge on any atom is -0.488 e. The Morgan fingerprint density at radius 3 is 2.76 bits per heavy atom. The van der Waals surface area contributed by atoms with Crippen molar-refractivity contribution in [3.63, 3.8) is 0 Å². The number of non-ortho nitro benzene ring substituents is 1. The zero-order valence-corrected chi connectivity index (χ0v) is 11.5. The van der Waals surface area contributed by atoms with Crippen LogP contribution < -0.4 is 10.5 Å². The summed E-state index contributed by atoms with van der Waals surface area (Å²) in [6.07, 6.45) is 0. The van der Waals surface area contributed by atoms with Gasteiger partial charge in [-0.3, -0.25) is 10.1 Å². The van der Waals surface area contributed by atoms with Gasteiger partial charge in [-0.1, -0.05) is 18.2 Å². The highest BCUT2D eigenvalue weighted by molar-refractivity contribution is 5.41. The largest absolute Gasteiger partial charge is 0.488 e. The van der Waals surface area contributed by atoms with Crippen LogP contribution in [0.1, 0.15) is 16.7 Å². The topological polar surface area (TPSA) is 78.4 Å². The number of halogens is 1. The first-order valence-electron chi connectivity index (χ1n) is 6.36. The number of para-hydroxylation sites is 1. The molecule has 5 nitrogen and oxygen atoms in total. The van der Waals surface area contributed by atoms with Gasteiger partial charge in [0.25, 0.3) is 5.69 Å². The smallest absolute Gasteiger partial charge is 0.272 e. The Morgan fingerprint density at radius 1 is 1.33 bits per heavy atom. The first kappa shape index (κ1) is 14.9. The molecule has 0 fully saturated rings. The van der Waals surface area contributed by atoms with E-state index in [0.717, 1.165) is 17.2 Å². The molecule has 0 unspecified atom stereocenters. The monoisotopic (exact) mass is 290 g/mol.